The van der Waals surface area contributed by atoms with E-state index in [-0.39, 0.29) is 23.7 Å². The standard InChI is InChI=1S/C28H44F3O4P/c1-17(2)21-13-11-19(5)15-25(21)34-36(33,35-26-16-20(6)12-14-22(26)18(3)4)27(32)23-9-7-8-10-24(23)28(29,30)31/h7-10,17-22,25-27,32H,11-16H2,1-6H3/t19-,20-,21-,22+,25-,26-,27-,36?/m1/s1. The fourth-order valence-corrected chi connectivity index (χ4v) is 8.23. The fourth-order valence-electron chi connectivity index (χ4n) is 6.14. The highest BCUT2D eigenvalue weighted by Gasteiger charge is 2.48. The van der Waals surface area contributed by atoms with E-state index in [1.165, 1.54) is 18.2 Å². The number of alkyl halides is 3. The predicted molar refractivity (Wildman–Crippen MR) is 136 cm³/mol. The van der Waals surface area contributed by atoms with Gasteiger partial charge in [-0.2, -0.15) is 13.2 Å². The number of benzene rings is 1. The summed E-state index contributed by atoms with van der Waals surface area (Å²) < 4.78 is 68.8. The zero-order valence-corrected chi connectivity index (χ0v) is 23.4. The van der Waals surface area contributed by atoms with Crippen molar-refractivity contribution < 1.29 is 31.9 Å². The molecule has 0 aromatic heterocycles. The Morgan fingerprint density at radius 3 is 1.72 bits per heavy atom. The van der Waals surface area contributed by atoms with Crippen molar-refractivity contribution in [2.75, 3.05) is 0 Å². The quantitative estimate of drug-likeness (QED) is 0.340. The third kappa shape index (κ3) is 6.95. The van der Waals surface area contributed by atoms with E-state index in [9.17, 15) is 22.8 Å². The van der Waals surface area contributed by atoms with Crippen molar-refractivity contribution in [3.8, 4) is 0 Å². The summed E-state index contributed by atoms with van der Waals surface area (Å²) in [5.41, 5.74) is -1.47. The summed E-state index contributed by atoms with van der Waals surface area (Å²) in [5, 5.41) is 11.4. The zero-order chi connectivity index (χ0) is 26.8. The summed E-state index contributed by atoms with van der Waals surface area (Å²) in [7, 11) is -4.42. The highest BCUT2D eigenvalue weighted by molar-refractivity contribution is 7.54. The molecule has 4 nitrogen and oxygen atoms in total. The van der Waals surface area contributed by atoms with Gasteiger partial charge in [0.2, 0.25) is 0 Å². The Labute approximate surface area is 214 Å². The van der Waals surface area contributed by atoms with Gasteiger partial charge in [-0.1, -0.05) is 72.6 Å². The summed E-state index contributed by atoms with van der Waals surface area (Å²) in [6.45, 7) is 12.5. The van der Waals surface area contributed by atoms with Crippen LogP contribution in [0, 0.1) is 35.5 Å². The molecule has 1 N–H and O–H groups in total. The van der Waals surface area contributed by atoms with Crippen LogP contribution in [-0.2, 0) is 19.8 Å². The van der Waals surface area contributed by atoms with Crippen LogP contribution in [0.4, 0.5) is 13.2 Å². The maximum atomic E-state index is 14.6. The molecule has 36 heavy (non-hydrogen) atoms. The number of hydrogen-bond acceptors (Lipinski definition) is 4. The molecule has 0 saturated heterocycles. The number of hydrogen-bond donors (Lipinski definition) is 1. The molecule has 0 radical (unpaired) electrons. The van der Waals surface area contributed by atoms with E-state index < -0.39 is 43.0 Å². The van der Waals surface area contributed by atoms with E-state index in [1.807, 2.05) is 0 Å². The largest absolute Gasteiger partial charge is 0.416 e. The van der Waals surface area contributed by atoms with Crippen molar-refractivity contribution in [2.24, 2.45) is 35.5 Å². The minimum absolute atomic E-state index is 0.0920. The Bertz CT molecular complexity index is 865. The third-order valence-corrected chi connectivity index (χ3v) is 10.3. The first kappa shape index (κ1) is 29.7. The summed E-state index contributed by atoms with van der Waals surface area (Å²) in [6.07, 6.45) is -0.538. The first-order valence-electron chi connectivity index (χ1n) is 13.5. The lowest BCUT2D eigenvalue weighted by Crippen LogP contribution is -2.37. The van der Waals surface area contributed by atoms with Gasteiger partial charge in [-0.3, -0.25) is 4.57 Å². The Balaban J connectivity index is 2.04. The first-order chi connectivity index (χ1) is 16.7. The molecule has 0 amide bonds. The molecule has 2 aliphatic rings. The van der Waals surface area contributed by atoms with Crippen LogP contribution in [0.3, 0.4) is 0 Å². The Morgan fingerprint density at radius 1 is 0.861 bits per heavy atom. The van der Waals surface area contributed by atoms with Gasteiger partial charge in [-0.25, -0.2) is 0 Å². The minimum Gasteiger partial charge on any atom is -0.376 e. The van der Waals surface area contributed by atoms with Crippen molar-refractivity contribution in [1.82, 2.24) is 0 Å². The predicted octanol–water partition coefficient (Wildman–Crippen LogP) is 8.84. The van der Waals surface area contributed by atoms with Gasteiger partial charge in [0.15, 0.2) is 5.85 Å². The van der Waals surface area contributed by atoms with Crippen LogP contribution in [0.1, 0.15) is 97.0 Å². The second-order valence-corrected chi connectivity index (χ2v) is 13.9. The van der Waals surface area contributed by atoms with Gasteiger partial charge in [-0.15, -0.1) is 0 Å². The van der Waals surface area contributed by atoms with Crippen LogP contribution in [-0.4, -0.2) is 17.3 Å². The summed E-state index contributed by atoms with van der Waals surface area (Å²) in [4.78, 5) is 0. The molecule has 206 valence electrons. The van der Waals surface area contributed by atoms with Crippen molar-refractivity contribution >= 4 is 7.60 Å². The molecule has 1 aromatic carbocycles. The Hall–Kier alpha value is -0.880. The molecule has 0 spiro atoms. The second kappa shape index (κ2) is 11.9. The summed E-state index contributed by atoms with van der Waals surface area (Å²) in [6, 6.07) is 4.76. The molecule has 0 bridgehead atoms. The molecule has 2 saturated carbocycles. The number of rotatable bonds is 8. The van der Waals surface area contributed by atoms with Gasteiger partial charge in [0, 0.05) is 5.56 Å². The highest BCUT2D eigenvalue weighted by atomic mass is 31.2. The Morgan fingerprint density at radius 2 is 1.31 bits per heavy atom. The van der Waals surface area contributed by atoms with Gasteiger partial charge in [0.05, 0.1) is 17.8 Å². The number of halogens is 3. The van der Waals surface area contributed by atoms with Gasteiger partial charge in [-0.05, 0) is 67.3 Å². The minimum atomic E-state index is -4.71. The smallest absolute Gasteiger partial charge is 0.376 e. The van der Waals surface area contributed by atoms with Crippen LogP contribution in [0.25, 0.3) is 0 Å². The molecule has 0 heterocycles. The summed E-state index contributed by atoms with van der Waals surface area (Å²) >= 11 is 0. The average molecular weight is 533 g/mol. The maximum absolute atomic E-state index is 14.6. The van der Waals surface area contributed by atoms with Gasteiger partial charge >= 0.3 is 13.8 Å². The monoisotopic (exact) mass is 532 g/mol. The van der Waals surface area contributed by atoms with Gasteiger partial charge in [0.1, 0.15) is 0 Å². The van der Waals surface area contributed by atoms with Crippen LogP contribution in [0.2, 0.25) is 0 Å². The van der Waals surface area contributed by atoms with Crippen LogP contribution in [0.15, 0.2) is 24.3 Å². The fraction of sp³-hybridized carbons (Fsp3) is 0.786. The topological polar surface area (TPSA) is 55.8 Å². The molecular weight excluding hydrogens is 488 g/mol. The Kier molecular flexibility index (Phi) is 9.80. The van der Waals surface area contributed by atoms with Gasteiger partial charge in [0.25, 0.3) is 0 Å². The van der Waals surface area contributed by atoms with Crippen LogP contribution >= 0.6 is 7.60 Å². The molecule has 8 atom stereocenters. The number of aliphatic hydroxyl groups is 1. The highest BCUT2D eigenvalue weighted by Crippen LogP contribution is 2.65. The van der Waals surface area contributed by atoms with E-state index >= 15 is 0 Å². The van der Waals surface area contributed by atoms with Crippen molar-refractivity contribution in [1.29, 1.82) is 0 Å². The second-order valence-electron chi connectivity index (χ2n) is 11.9. The molecule has 8 heteroatoms. The van der Waals surface area contributed by atoms with E-state index in [2.05, 4.69) is 41.5 Å². The molecule has 1 aromatic rings. The van der Waals surface area contributed by atoms with Crippen molar-refractivity contribution in [2.45, 2.75) is 104 Å². The third-order valence-electron chi connectivity index (χ3n) is 8.33. The van der Waals surface area contributed by atoms with E-state index in [4.69, 9.17) is 9.05 Å². The first-order valence-corrected chi connectivity index (χ1v) is 15.1. The van der Waals surface area contributed by atoms with Crippen molar-refractivity contribution in [3.63, 3.8) is 0 Å². The summed E-state index contributed by atoms with van der Waals surface area (Å²) in [5.74, 6) is -0.691. The molecule has 2 aliphatic carbocycles. The van der Waals surface area contributed by atoms with Crippen molar-refractivity contribution in [3.05, 3.63) is 35.4 Å². The molecule has 1 unspecified atom stereocenters. The molecular formula is C28H44F3O4P. The molecule has 3 rings (SSSR count). The van der Waals surface area contributed by atoms with Crippen LogP contribution in [0.5, 0.6) is 0 Å². The lowest BCUT2D eigenvalue weighted by Gasteiger charge is -2.42. The van der Waals surface area contributed by atoms with E-state index in [0.29, 0.717) is 24.7 Å². The SMILES string of the molecule is CC(C)[C@H]1CC[C@@H](C)C[C@H]1OP(=O)(O[C@@H]1C[C@H](C)CC[C@H]1C(C)C)[C@@H](O)c1ccccc1C(F)(F)F. The average Bonchev–Trinajstić information content (AvgIpc) is 2.77. The zero-order valence-electron chi connectivity index (χ0n) is 22.5. The van der Waals surface area contributed by atoms with E-state index in [0.717, 1.165) is 31.7 Å². The van der Waals surface area contributed by atoms with E-state index in [1.54, 1.807) is 0 Å². The lowest BCUT2D eigenvalue weighted by molar-refractivity contribution is -0.138. The van der Waals surface area contributed by atoms with Crippen LogP contribution < -0.4 is 0 Å². The lowest BCUT2D eigenvalue weighted by atomic mass is 9.75. The molecule has 0 aliphatic heterocycles. The normalized spacial score (nSPS) is 32.4. The maximum Gasteiger partial charge on any atom is 0.416 e. The molecule has 2 fully saturated rings. The number of aliphatic hydroxyl groups excluding tert-OH is 1. The van der Waals surface area contributed by atoms with Gasteiger partial charge < -0.3 is 14.2 Å².